The first-order valence-electron chi connectivity index (χ1n) is 6.51. The number of rotatable bonds is 5. The summed E-state index contributed by atoms with van der Waals surface area (Å²) in [4.78, 5) is 11.7. The van der Waals surface area contributed by atoms with E-state index in [-0.39, 0.29) is 18.1 Å². The maximum absolute atomic E-state index is 13.9. The molecule has 0 spiro atoms. The summed E-state index contributed by atoms with van der Waals surface area (Å²) in [7, 11) is 1.30. The normalized spacial score (nSPS) is 10.7. The predicted octanol–water partition coefficient (Wildman–Crippen LogP) is 2.97. The number of halogens is 2. The summed E-state index contributed by atoms with van der Waals surface area (Å²) < 4.78 is 20.8. The molecule has 0 amide bonds. The van der Waals surface area contributed by atoms with Crippen molar-refractivity contribution in [1.82, 2.24) is 15.0 Å². The lowest BCUT2D eigenvalue weighted by molar-refractivity contribution is 0.0592. The fraction of sp³-hybridized carbons (Fsp3) is 0.357. The highest BCUT2D eigenvalue weighted by Crippen LogP contribution is 2.18. The lowest BCUT2D eigenvalue weighted by atomic mass is 10.1. The maximum atomic E-state index is 13.9. The molecule has 7 heteroatoms. The molecule has 21 heavy (non-hydrogen) atoms. The van der Waals surface area contributed by atoms with Gasteiger partial charge in [0.2, 0.25) is 0 Å². The molecule has 0 bridgehead atoms. The Morgan fingerprint density at radius 3 is 2.86 bits per heavy atom. The summed E-state index contributed by atoms with van der Waals surface area (Å²) in [5.41, 5.74) is 1.33. The average Bonchev–Trinajstić information content (AvgIpc) is 2.84. The molecule has 0 N–H and O–H groups in total. The van der Waals surface area contributed by atoms with Gasteiger partial charge in [-0.15, -0.1) is 5.10 Å². The van der Waals surface area contributed by atoms with Crippen molar-refractivity contribution < 1.29 is 13.9 Å². The highest BCUT2D eigenvalue weighted by atomic mass is 79.9. The Morgan fingerprint density at radius 1 is 1.48 bits per heavy atom. The smallest absolute Gasteiger partial charge is 0.360 e. The van der Waals surface area contributed by atoms with Crippen LogP contribution in [-0.2, 0) is 17.7 Å². The van der Waals surface area contributed by atoms with Gasteiger partial charge in [0.1, 0.15) is 5.82 Å². The quantitative estimate of drug-likeness (QED) is 0.773. The summed E-state index contributed by atoms with van der Waals surface area (Å²) in [5.74, 6) is -0.858. The molecule has 0 radical (unpaired) electrons. The van der Waals surface area contributed by atoms with Crippen molar-refractivity contribution in [2.75, 3.05) is 7.11 Å². The molecular weight excluding hydrogens is 341 g/mol. The lowest BCUT2D eigenvalue weighted by Gasteiger charge is -2.08. The summed E-state index contributed by atoms with van der Waals surface area (Å²) in [6, 6.07) is 4.83. The molecule has 0 fully saturated rings. The van der Waals surface area contributed by atoms with Gasteiger partial charge < -0.3 is 4.74 Å². The topological polar surface area (TPSA) is 57.0 Å². The molecule has 1 aromatic heterocycles. The van der Waals surface area contributed by atoms with Gasteiger partial charge in [0.25, 0.3) is 0 Å². The van der Waals surface area contributed by atoms with E-state index in [1.807, 2.05) is 6.92 Å². The van der Waals surface area contributed by atoms with Gasteiger partial charge in [0.15, 0.2) is 5.69 Å². The monoisotopic (exact) mass is 355 g/mol. The molecule has 0 unspecified atom stereocenters. The Balaban J connectivity index is 2.35. The van der Waals surface area contributed by atoms with Gasteiger partial charge in [-0.25, -0.2) is 13.9 Å². The van der Waals surface area contributed by atoms with Gasteiger partial charge >= 0.3 is 5.97 Å². The van der Waals surface area contributed by atoms with Crippen LogP contribution in [0.5, 0.6) is 0 Å². The molecule has 0 saturated carbocycles. The van der Waals surface area contributed by atoms with E-state index >= 15 is 0 Å². The van der Waals surface area contributed by atoms with E-state index in [9.17, 15) is 9.18 Å². The maximum Gasteiger partial charge on any atom is 0.360 e. The molecule has 2 rings (SSSR count). The van der Waals surface area contributed by atoms with Gasteiger partial charge in [0.05, 0.1) is 19.3 Å². The first-order valence-corrected chi connectivity index (χ1v) is 7.30. The number of ether oxygens (including phenoxy) is 1. The predicted molar refractivity (Wildman–Crippen MR) is 78.6 cm³/mol. The first-order chi connectivity index (χ1) is 10.1. The van der Waals surface area contributed by atoms with Crippen molar-refractivity contribution in [3.05, 3.63) is 45.4 Å². The Hall–Kier alpha value is -1.76. The van der Waals surface area contributed by atoms with Gasteiger partial charge in [0, 0.05) is 10.0 Å². The Bertz CT molecular complexity index is 658. The first kappa shape index (κ1) is 15.6. The summed E-state index contributed by atoms with van der Waals surface area (Å²) in [6.45, 7) is 2.21. The molecule has 1 aromatic carbocycles. The SMILES string of the molecule is CCCc1c(C(=O)OC)nnn1Cc1ccc(Br)cc1F. The molecule has 1 heterocycles. The third kappa shape index (κ3) is 3.47. The molecule has 2 aromatic rings. The van der Waals surface area contributed by atoms with E-state index in [2.05, 4.69) is 26.2 Å². The number of carbonyl (C=O) groups excluding carboxylic acids is 1. The summed E-state index contributed by atoms with van der Waals surface area (Å²) >= 11 is 3.22. The third-order valence-electron chi connectivity index (χ3n) is 3.04. The number of carbonyl (C=O) groups is 1. The number of hydrogen-bond donors (Lipinski definition) is 0. The van der Waals surface area contributed by atoms with Crippen LogP contribution in [0.15, 0.2) is 22.7 Å². The highest BCUT2D eigenvalue weighted by Gasteiger charge is 2.20. The van der Waals surface area contributed by atoms with Crippen molar-refractivity contribution >= 4 is 21.9 Å². The second-order valence-corrected chi connectivity index (χ2v) is 5.44. The minimum atomic E-state index is -0.527. The molecule has 0 aliphatic heterocycles. The number of esters is 1. The number of nitrogens with zero attached hydrogens (tertiary/aromatic N) is 3. The zero-order valence-corrected chi connectivity index (χ0v) is 13.4. The van der Waals surface area contributed by atoms with Crippen LogP contribution in [0.3, 0.4) is 0 Å². The minimum Gasteiger partial charge on any atom is -0.464 e. The van der Waals surface area contributed by atoms with Crippen LogP contribution in [-0.4, -0.2) is 28.1 Å². The number of aromatic nitrogens is 3. The van der Waals surface area contributed by atoms with Crippen LogP contribution < -0.4 is 0 Å². The molecular formula is C14H15BrFN3O2. The average molecular weight is 356 g/mol. The van der Waals surface area contributed by atoms with Crippen molar-refractivity contribution in [2.45, 2.75) is 26.3 Å². The Labute approximate surface area is 130 Å². The van der Waals surface area contributed by atoms with E-state index in [1.165, 1.54) is 13.2 Å². The van der Waals surface area contributed by atoms with Crippen molar-refractivity contribution in [3.63, 3.8) is 0 Å². The van der Waals surface area contributed by atoms with Crippen LogP contribution in [0.1, 0.15) is 35.1 Å². The second-order valence-electron chi connectivity index (χ2n) is 4.52. The van der Waals surface area contributed by atoms with Crippen LogP contribution >= 0.6 is 15.9 Å². The third-order valence-corrected chi connectivity index (χ3v) is 3.53. The van der Waals surface area contributed by atoms with Gasteiger partial charge in [-0.05, 0) is 18.6 Å². The van der Waals surface area contributed by atoms with E-state index in [1.54, 1.807) is 16.8 Å². The zero-order chi connectivity index (χ0) is 15.4. The zero-order valence-electron chi connectivity index (χ0n) is 11.8. The number of hydrogen-bond acceptors (Lipinski definition) is 4. The summed E-state index contributed by atoms with van der Waals surface area (Å²) in [5, 5.41) is 7.81. The molecule has 0 saturated heterocycles. The minimum absolute atomic E-state index is 0.192. The standard InChI is InChI=1S/C14H15BrFN3O2/c1-3-4-12-13(14(20)21-2)17-18-19(12)8-9-5-6-10(15)7-11(9)16/h5-7H,3-4,8H2,1-2H3. The Morgan fingerprint density at radius 2 is 2.24 bits per heavy atom. The largest absolute Gasteiger partial charge is 0.464 e. The van der Waals surface area contributed by atoms with E-state index in [0.29, 0.717) is 22.2 Å². The van der Waals surface area contributed by atoms with Crippen LogP contribution in [0, 0.1) is 5.82 Å². The molecule has 0 aliphatic carbocycles. The number of benzene rings is 1. The summed E-state index contributed by atoms with van der Waals surface area (Å²) in [6.07, 6.45) is 1.44. The van der Waals surface area contributed by atoms with Crippen LogP contribution in [0.25, 0.3) is 0 Å². The van der Waals surface area contributed by atoms with E-state index in [4.69, 9.17) is 4.74 Å². The van der Waals surface area contributed by atoms with Crippen molar-refractivity contribution in [3.8, 4) is 0 Å². The van der Waals surface area contributed by atoms with Crippen molar-refractivity contribution in [1.29, 1.82) is 0 Å². The second kappa shape index (κ2) is 6.80. The van der Waals surface area contributed by atoms with E-state index in [0.717, 1.165) is 6.42 Å². The number of methoxy groups -OCH3 is 1. The van der Waals surface area contributed by atoms with Gasteiger partial charge in [-0.1, -0.05) is 40.6 Å². The fourth-order valence-corrected chi connectivity index (χ4v) is 2.34. The van der Waals surface area contributed by atoms with Crippen LogP contribution in [0.2, 0.25) is 0 Å². The van der Waals surface area contributed by atoms with Gasteiger partial charge in [-0.3, -0.25) is 0 Å². The molecule has 5 nitrogen and oxygen atoms in total. The molecule has 0 atom stereocenters. The highest BCUT2D eigenvalue weighted by molar-refractivity contribution is 9.10. The van der Waals surface area contributed by atoms with E-state index < -0.39 is 5.97 Å². The Kier molecular flexibility index (Phi) is 5.06. The fourth-order valence-electron chi connectivity index (χ4n) is 2.01. The van der Waals surface area contributed by atoms with Crippen LogP contribution in [0.4, 0.5) is 4.39 Å². The van der Waals surface area contributed by atoms with Gasteiger partial charge in [-0.2, -0.15) is 0 Å². The lowest BCUT2D eigenvalue weighted by Crippen LogP contribution is -2.11. The molecule has 0 aliphatic rings. The van der Waals surface area contributed by atoms with Crippen molar-refractivity contribution in [2.24, 2.45) is 0 Å². The molecule has 112 valence electrons.